The smallest absolute Gasteiger partial charge is 0.264 e. The number of carbonyl (C=O) groups is 2. The van der Waals surface area contributed by atoms with E-state index in [9.17, 15) is 18.0 Å². The van der Waals surface area contributed by atoms with E-state index in [2.05, 4.69) is 5.32 Å². The van der Waals surface area contributed by atoms with Crippen LogP contribution in [0.25, 0.3) is 0 Å². The van der Waals surface area contributed by atoms with Crippen LogP contribution in [0.1, 0.15) is 24.2 Å². The molecule has 0 aromatic heterocycles. The minimum atomic E-state index is -3.94. The lowest BCUT2D eigenvalue weighted by Crippen LogP contribution is -2.33. The van der Waals surface area contributed by atoms with Gasteiger partial charge in [0.15, 0.2) is 0 Å². The first-order valence-corrected chi connectivity index (χ1v) is 9.29. The molecule has 0 fully saturated rings. The Labute approximate surface area is 151 Å². The van der Waals surface area contributed by atoms with Crippen LogP contribution >= 0.6 is 11.6 Å². The highest BCUT2D eigenvalue weighted by Gasteiger charge is 2.19. The molecule has 2 amide bonds. The Morgan fingerprint density at radius 3 is 2.16 bits per heavy atom. The second-order valence-corrected chi connectivity index (χ2v) is 7.67. The van der Waals surface area contributed by atoms with Crippen molar-refractivity contribution in [3.05, 3.63) is 59.1 Å². The monoisotopic (exact) mass is 380 g/mol. The molecule has 8 heteroatoms. The highest BCUT2D eigenvalue weighted by atomic mass is 35.5. The van der Waals surface area contributed by atoms with Crippen LogP contribution in [0.3, 0.4) is 0 Å². The molecule has 6 nitrogen and oxygen atoms in total. The molecule has 0 bridgehead atoms. The molecular formula is C17H17ClN2O4S. The van der Waals surface area contributed by atoms with E-state index in [4.69, 9.17) is 11.6 Å². The van der Waals surface area contributed by atoms with Crippen LogP contribution in [0.15, 0.2) is 53.4 Å². The summed E-state index contributed by atoms with van der Waals surface area (Å²) in [6.07, 6.45) is 0. The zero-order chi connectivity index (χ0) is 18.6. The van der Waals surface area contributed by atoms with Crippen LogP contribution in [0, 0.1) is 5.92 Å². The number of amides is 2. The number of benzene rings is 2. The standard InChI is InChI=1S/C17H17ClN2O4S/c1-11(2)16(21)20-25(23,24)13-9-7-12(8-10-13)19-17(22)14-5-3-4-6-15(14)18/h3-11H,1-2H3,(H,19,22)(H,20,21). The van der Waals surface area contributed by atoms with Crippen molar-refractivity contribution in [1.82, 2.24) is 4.72 Å². The number of sulfonamides is 1. The fourth-order valence-corrected chi connectivity index (χ4v) is 3.20. The van der Waals surface area contributed by atoms with E-state index in [0.29, 0.717) is 16.3 Å². The summed E-state index contributed by atoms with van der Waals surface area (Å²) in [6.45, 7) is 3.19. The van der Waals surface area contributed by atoms with Crippen molar-refractivity contribution < 1.29 is 18.0 Å². The lowest BCUT2D eigenvalue weighted by molar-refractivity contribution is -0.122. The Morgan fingerprint density at radius 1 is 1.00 bits per heavy atom. The number of hydrogen-bond donors (Lipinski definition) is 2. The SMILES string of the molecule is CC(C)C(=O)NS(=O)(=O)c1ccc(NC(=O)c2ccccc2Cl)cc1. The summed E-state index contributed by atoms with van der Waals surface area (Å²) in [6, 6.07) is 12.1. The molecule has 0 saturated carbocycles. The van der Waals surface area contributed by atoms with E-state index in [0.717, 1.165) is 0 Å². The van der Waals surface area contributed by atoms with Gasteiger partial charge in [0.05, 0.1) is 15.5 Å². The largest absolute Gasteiger partial charge is 0.322 e. The average Bonchev–Trinajstić information content (AvgIpc) is 2.55. The number of halogens is 1. The van der Waals surface area contributed by atoms with E-state index in [-0.39, 0.29) is 4.90 Å². The average molecular weight is 381 g/mol. The Morgan fingerprint density at radius 2 is 1.60 bits per heavy atom. The van der Waals surface area contributed by atoms with E-state index < -0.39 is 27.8 Å². The molecule has 132 valence electrons. The van der Waals surface area contributed by atoms with Gasteiger partial charge in [0.25, 0.3) is 15.9 Å². The maximum absolute atomic E-state index is 12.2. The van der Waals surface area contributed by atoms with Crippen LogP contribution in [-0.4, -0.2) is 20.2 Å². The van der Waals surface area contributed by atoms with Crippen molar-refractivity contribution in [3.63, 3.8) is 0 Å². The highest BCUT2D eigenvalue weighted by molar-refractivity contribution is 7.90. The van der Waals surface area contributed by atoms with Gasteiger partial charge in [0.2, 0.25) is 5.91 Å². The molecule has 0 atom stereocenters. The molecule has 0 unspecified atom stereocenters. The number of anilines is 1. The fraction of sp³-hybridized carbons (Fsp3) is 0.176. The first kappa shape index (κ1) is 19.0. The molecule has 0 radical (unpaired) electrons. The van der Waals surface area contributed by atoms with Gasteiger partial charge in [-0.2, -0.15) is 0 Å². The molecule has 2 aromatic carbocycles. The molecule has 0 aliphatic carbocycles. The van der Waals surface area contributed by atoms with Gasteiger partial charge >= 0.3 is 0 Å². The lowest BCUT2D eigenvalue weighted by atomic mass is 10.2. The van der Waals surface area contributed by atoms with Crippen molar-refractivity contribution in [2.75, 3.05) is 5.32 Å². The topological polar surface area (TPSA) is 92.3 Å². The quantitative estimate of drug-likeness (QED) is 0.833. The van der Waals surface area contributed by atoms with Crippen molar-refractivity contribution in [1.29, 1.82) is 0 Å². The maximum atomic E-state index is 12.2. The normalized spacial score (nSPS) is 11.2. The highest BCUT2D eigenvalue weighted by Crippen LogP contribution is 2.18. The number of rotatable bonds is 5. The molecule has 25 heavy (non-hydrogen) atoms. The van der Waals surface area contributed by atoms with Gasteiger partial charge in [0.1, 0.15) is 0 Å². The molecule has 2 aromatic rings. The third-order valence-corrected chi connectivity index (χ3v) is 4.99. The van der Waals surface area contributed by atoms with Gasteiger partial charge in [-0.1, -0.05) is 37.6 Å². The van der Waals surface area contributed by atoms with Crippen molar-refractivity contribution in [2.24, 2.45) is 5.92 Å². The first-order valence-electron chi connectivity index (χ1n) is 7.43. The van der Waals surface area contributed by atoms with E-state index >= 15 is 0 Å². The van der Waals surface area contributed by atoms with Crippen LogP contribution in [-0.2, 0) is 14.8 Å². The van der Waals surface area contributed by atoms with E-state index in [1.807, 2.05) is 4.72 Å². The third-order valence-electron chi connectivity index (χ3n) is 3.30. The Kier molecular flexibility index (Phi) is 5.81. The Bertz CT molecular complexity index is 893. The van der Waals surface area contributed by atoms with E-state index in [1.165, 1.54) is 24.3 Å². The molecular weight excluding hydrogens is 364 g/mol. The number of hydrogen-bond acceptors (Lipinski definition) is 4. The Hall–Kier alpha value is -2.38. The van der Waals surface area contributed by atoms with E-state index in [1.54, 1.807) is 38.1 Å². The predicted octanol–water partition coefficient (Wildman–Crippen LogP) is 3.05. The van der Waals surface area contributed by atoms with Gasteiger partial charge in [-0.05, 0) is 36.4 Å². The van der Waals surface area contributed by atoms with Crippen LogP contribution in [0.4, 0.5) is 5.69 Å². The molecule has 0 saturated heterocycles. The molecule has 0 spiro atoms. The second-order valence-electron chi connectivity index (χ2n) is 5.58. The van der Waals surface area contributed by atoms with Gasteiger partial charge < -0.3 is 5.32 Å². The number of carbonyl (C=O) groups excluding carboxylic acids is 2. The summed E-state index contributed by atoms with van der Waals surface area (Å²) in [5, 5.41) is 2.95. The van der Waals surface area contributed by atoms with Gasteiger partial charge in [-0.3, -0.25) is 9.59 Å². The summed E-state index contributed by atoms with van der Waals surface area (Å²) in [4.78, 5) is 23.7. The molecule has 2 N–H and O–H groups in total. The minimum absolute atomic E-state index is 0.0720. The summed E-state index contributed by atoms with van der Waals surface area (Å²) in [5.41, 5.74) is 0.712. The lowest BCUT2D eigenvalue weighted by Gasteiger charge is -2.10. The molecule has 2 rings (SSSR count). The molecule has 0 aliphatic heterocycles. The van der Waals surface area contributed by atoms with Crippen molar-refractivity contribution >= 4 is 39.1 Å². The first-order chi connectivity index (χ1) is 11.7. The number of nitrogens with one attached hydrogen (secondary N) is 2. The van der Waals surface area contributed by atoms with Crippen molar-refractivity contribution in [2.45, 2.75) is 18.7 Å². The van der Waals surface area contributed by atoms with Gasteiger partial charge in [-0.25, -0.2) is 13.1 Å². The van der Waals surface area contributed by atoms with Gasteiger partial charge in [0, 0.05) is 11.6 Å². The fourth-order valence-electron chi connectivity index (χ4n) is 1.87. The summed E-state index contributed by atoms with van der Waals surface area (Å²) in [5.74, 6) is -1.45. The van der Waals surface area contributed by atoms with Crippen LogP contribution in [0.5, 0.6) is 0 Å². The van der Waals surface area contributed by atoms with Crippen molar-refractivity contribution in [3.8, 4) is 0 Å². The van der Waals surface area contributed by atoms with Crippen LogP contribution < -0.4 is 10.0 Å². The molecule has 0 aliphatic rings. The van der Waals surface area contributed by atoms with Gasteiger partial charge in [-0.15, -0.1) is 0 Å². The predicted molar refractivity (Wildman–Crippen MR) is 96.0 cm³/mol. The summed E-state index contributed by atoms with van der Waals surface area (Å²) < 4.78 is 26.2. The second kappa shape index (κ2) is 7.67. The summed E-state index contributed by atoms with van der Waals surface area (Å²) >= 11 is 5.96. The zero-order valence-corrected chi connectivity index (χ0v) is 15.2. The summed E-state index contributed by atoms with van der Waals surface area (Å²) in [7, 11) is -3.94. The zero-order valence-electron chi connectivity index (χ0n) is 13.6. The van der Waals surface area contributed by atoms with Crippen LogP contribution in [0.2, 0.25) is 5.02 Å². The minimum Gasteiger partial charge on any atom is -0.322 e. The maximum Gasteiger partial charge on any atom is 0.264 e. The third kappa shape index (κ3) is 4.80. The Balaban J connectivity index is 2.13. The molecule has 0 heterocycles.